The van der Waals surface area contributed by atoms with Crippen LogP contribution in [0.5, 0.6) is 0 Å². The summed E-state index contributed by atoms with van der Waals surface area (Å²) in [7, 11) is 1.60. The largest absolute Gasteiger partial charge is 0.386 e. The Balaban J connectivity index is 0.000000784. The molecule has 3 rings (SSSR count). The zero-order valence-corrected chi connectivity index (χ0v) is 19.5. The highest BCUT2D eigenvalue weighted by Gasteiger charge is 2.17. The highest BCUT2D eigenvalue weighted by Crippen LogP contribution is 2.24. The minimum Gasteiger partial charge on any atom is -0.386 e. The normalized spacial score (nSPS) is 9.66. The lowest BCUT2D eigenvalue weighted by Gasteiger charge is -2.19. The van der Waals surface area contributed by atoms with Gasteiger partial charge in [-0.25, -0.2) is 14.4 Å². The van der Waals surface area contributed by atoms with E-state index in [1.165, 1.54) is 24.5 Å². The third kappa shape index (κ3) is 7.36. The summed E-state index contributed by atoms with van der Waals surface area (Å²) in [6, 6.07) is 15.4. The van der Waals surface area contributed by atoms with Crippen LogP contribution in [0.25, 0.3) is 0 Å². The number of anilines is 4. The van der Waals surface area contributed by atoms with Crippen LogP contribution in [0.4, 0.5) is 27.4 Å². The Kier molecular flexibility index (Phi) is 9.87. The first-order valence-corrected chi connectivity index (χ1v) is 10.6. The van der Waals surface area contributed by atoms with Crippen molar-refractivity contribution < 1.29 is 9.18 Å². The summed E-state index contributed by atoms with van der Waals surface area (Å²) < 4.78 is 13.8. The highest BCUT2D eigenvalue weighted by molar-refractivity contribution is 6.16. The van der Waals surface area contributed by atoms with Crippen molar-refractivity contribution in [2.45, 2.75) is 6.92 Å². The average Bonchev–Trinajstić information content (AvgIpc) is 2.87. The van der Waals surface area contributed by atoms with E-state index >= 15 is 0 Å². The van der Waals surface area contributed by atoms with E-state index in [9.17, 15) is 9.18 Å². The van der Waals surface area contributed by atoms with Crippen molar-refractivity contribution in [2.24, 2.45) is 0 Å². The molecule has 1 aromatic heterocycles. The molecule has 0 saturated heterocycles. The number of hydrogen-bond acceptors (Lipinski definition) is 8. The molecule has 0 spiro atoms. The molecule has 0 unspecified atom stereocenters. The van der Waals surface area contributed by atoms with E-state index in [0.29, 0.717) is 35.6 Å². The van der Waals surface area contributed by atoms with Crippen LogP contribution in [0.2, 0.25) is 0 Å². The summed E-state index contributed by atoms with van der Waals surface area (Å²) in [6.45, 7) is 5.73. The number of aromatic nitrogens is 2. The second-order valence-electron chi connectivity index (χ2n) is 7.26. The minimum absolute atomic E-state index is 0.0578. The van der Waals surface area contributed by atoms with Gasteiger partial charge in [-0.1, -0.05) is 24.8 Å². The number of nitrogens with one attached hydrogen (secondary N) is 3. The molecule has 0 saturated carbocycles. The van der Waals surface area contributed by atoms with Gasteiger partial charge in [-0.3, -0.25) is 10.2 Å². The number of halogens is 1. The molecule has 3 aromatic rings. The standard InChI is InChI=1S/C21H22FN7O.C4H5N/c1-25-17-11-14(7-8-16(17)22)19(23)18-20(24)27-12-28-21(18)26-9-10-29(13-30)15-5-3-2-4-6-15;1-4(2)3-5/h2-8,11-13,23,25H,9-10H2,1H3,(H3,24,26,27,28);1H2,2H3. The van der Waals surface area contributed by atoms with E-state index in [1.807, 2.05) is 36.4 Å². The maximum Gasteiger partial charge on any atom is 0.214 e. The van der Waals surface area contributed by atoms with Gasteiger partial charge in [-0.2, -0.15) is 5.26 Å². The van der Waals surface area contributed by atoms with Crippen molar-refractivity contribution in [3.63, 3.8) is 0 Å². The summed E-state index contributed by atoms with van der Waals surface area (Å²) in [4.78, 5) is 21.2. The molecule has 0 aliphatic heterocycles. The fraction of sp³-hybridized carbons (Fsp3) is 0.160. The van der Waals surface area contributed by atoms with Gasteiger partial charge < -0.3 is 21.3 Å². The lowest BCUT2D eigenvalue weighted by molar-refractivity contribution is -0.107. The van der Waals surface area contributed by atoms with Crippen LogP contribution in [0.15, 0.2) is 67.0 Å². The molecule has 180 valence electrons. The third-order valence-electron chi connectivity index (χ3n) is 4.70. The molecule has 0 radical (unpaired) electrons. The van der Waals surface area contributed by atoms with Crippen molar-refractivity contribution in [1.29, 1.82) is 10.7 Å². The smallest absolute Gasteiger partial charge is 0.214 e. The fourth-order valence-electron chi connectivity index (χ4n) is 2.95. The Labute approximate surface area is 203 Å². The monoisotopic (exact) mass is 474 g/mol. The van der Waals surface area contributed by atoms with E-state index in [4.69, 9.17) is 16.4 Å². The molecule has 0 aliphatic rings. The third-order valence-corrected chi connectivity index (χ3v) is 4.70. The van der Waals surface area contributed by atoms with E-state index in [-0.39, 0.29) is 17.2 Å². The molecule has 35 heavy (non-hydrogen) atoms. The summed E-state index contributed by atoms with van der Waals surface area (Å²) in [5.41, 5.74) is 8.45. The summed E-state index contributed by atoms with van der Waals surface area (Å²) in [5.74, 6) is 0.0735. The number of carbonyl (C=O) groups is 1. The van der Waals surface area contributed by atoms with E-state index in [0.717, 1.165) is 12.1 Å². The Bertz CT molecular complexity index is 1220. The van der Waals surface area contributed by atoms with Crippen LogP contribution in [0, 0.1) is 22.6 Å². The maximum atomic E-state index is 13.8. The molecular weight excluding hydrogens is 447 g/mol. The molecule has 0 aliphatic carbocycles. The number of allylic oxidation sites excluding steroid dienone is 1. The Morgan fingerprint density at radius 3 is 2.57 bits per heavy atom. The van der Waals surface area contributed by atoms with Crippen LogP contribution in [-0.2, 0) is 4.79 Å². The number of nitrogens with two attached hydrogens (primary N) is 1. The first-order chi connectivity index (χ1) is 16.8. The number of nitriles is 1. The number of nitrogen functional groups attached to an aromatic ring is 1. The molecule has 2 aromatic carbocycles. The zero-order valence-electron chi connectivity index (χ0n) is 19.5. The molecule has 5 N–H and O–H groups in total. The first kappa shape index (κ1) is 26.5. The number of hydrogen-bond donors (Lipinski definition) is 4. The molecule has 9 nitrogen and oxygen atoms in total. The Morgan fingerprint density at radius 1 is 1.29 bits per heavy atom. The predicted molar refractivity (Wildman–Crippen MR) is 137 cm³/mol. The summed E-state index contributed by atoms with van der Waals surface area (Å²) in [6.07, 6.45) is 2.05. The fourth-order valence-corrected chi connectivity index (χ4v) is 2.95. The number of amides is 1. The molecule has 0 fully saturated rings. The highest BCUT2D eigenvalue weighted by atomic mass is 19.1. The van der Waals surface area contributed by atoms with Gasteiger partial charge in [-0.15, -0.1) is 0 Å². The van der Waals surface area contributed by atoms with Gasteiger partial charge in [0.25, 0.3) is 0 Å². The van der Waals surface area contributed by atoms with E-state index in [1.54, 1.807) is 18.9 Å². The van der Waals surface area contributed by atoms with Crippen LogP contribution >= 0.6 is 0 Å². The van der Waals surface area contributed by atoms with Gasteiger partial charge in [0, 0.05) is 37.0 Å². The molecule has 10 heteroatoms. The maximum absolute atomic E-state index is 13.8. The minimum atomic E-state index is -0.417. The van der Waals surface area contributed by atoms with E-state index < -0.39 is 5.82 Å². The lowest BCUT2D eigenvalue weighted by atomic mass is 10.0. The van der Waals surface area contributed by atoms with E-state index in [2.05, 4.69) is 27.2 Å². The van der Waals surface area contributed by atoms with Crippen LogP contribution < -0.4 is 21.3 Å². The second-order valence-corrected chi connectivity index (χ2v) is 7.26. The van der Waals surface area contributed by atoms with Crippen molar-refractivity contribution in [1.82, 2.24) is 9.97 Å². The molecular formula is C25H27FN8O. The van der Waals surface area contributed by atoms with Crippen molar-refractivity contribution >= 4 is 35.1 Å². The summed E-state index contributed by atoms with van der Waals surface area (Å²) >= 11 is 0. The number of rotatable bonds is 9. The Morgan fingerprint density at radius 2 is 1.97 bits per heavy atom. The molecule has 0 atom stereocenters. The zero-order chi connectivity index (χ0) is 25.8. The summed E-state index contributed by atoms with van der Waals surface area (Å²) in [5, 5.41) is 22.2. The average molecular weight is 475 g/mol. The predicted octanol–water partition coefficient (Wildman–Crippen LogP) is 3.82. The quantitative estimate of drug-likeness (QED) is 0.210. The van der Waals surface area contributed by atoms with Gasteiger partial charge in [0.1, 0.15) is 23.8 Å². The van der Waals surface area contributed by atoms with Gasteiger partial charge in [0.05, 0.1) is 23.0 Å². The number of para-hydroxylation sites is 1. The topological polar surface area (TPSA) is 144 Å². The molecule has 0 bridgehead atoms. The van der Waals surface area contributed by atoms with Gasteiger partial charge in [0.15, 0.2) is 0 Å². The number of carbonyl (C=O) groups excluding carboxylic acids is 1. The SMILES string of the molecule is C=C(C)C#N.CNc1cc(C(=N)c2c(N)ncnc2NCCN(C=O)c2ccccc2)ccc1F. The van der Waals surface area contributed by atoms with Crippen LogP contribution in [0.1, 0.15) is 18.1 Å². The molecule has 1 heterocycles. The van der Waals surface area contributed by atoms with Gasteiger partial charge >= 0.3 is 0 Å². The first-order valence-electron chi connectivity index (χ1n) is 10.6. The number of nitrogens with zero attached hydrogens (tertiary/aromatic N) is 4. The molecule has 1 amide bonds. The van der Waals surface area contributed by atoms with Crippen molar-refractivity contribution in [3.8, 4) is 6.07 Å². The van der Waals surface area contributed by atoms with Crippen molar-refractivity contribution in [2.75, 3.05) is 41.4 Å². The Hall–Kier alpha value is -4.78. The lowest BCUT2D eigenvalue weighted by Crippen LogP contribution is -2.28. The van der Waals surface area contributed by atoms with Crippen LogP contribution in [0.3, 0.4) is 0 Å². The van der Waals surface area contributed by atoms with Gasteiger partial charge in [0.2, 0.25) is 6.41 Å². The number of benzene rings is 2. The second kappa shape index (κ2) is 13.1. The van der Waals surface area contributed by atoms with Crippen molar-refractivity contribution in [3.05, 3.63) is 84.0 Å². The van der Waals surface area contributed by atoms with Gasteiger partial charge in [-0.05, 0) is 37.3 Å². The van der Waals surface area contributed by atoms with Crippen LogP contribution in [-0.4, -0.2) is 42.2 Å².